The van der Waals surface area contributed by atoms with Crippen LogP contribution in [0.15, 0.2) is 22.7 Å². The van der Waals surface area contributed by atoms with Crippen molar-refractivity contribution in [3.8, 4) is 17.2 Å². The quantitative estimate of drug-likeness (QED) is 0.868. The molecule has 0 bridgehead atoms. The first kappa shape index (κ1) is 15.8. The highest BCUT2D eigenvalue weighted by Gasteiger charge is 2.34. The summed E-state index contributed by atoms with van der Waals surface area (Å²) in [4.78, 5) is 4.40. The molecule has 0 amide bonds. The standard InChI is InChI=1S/C15H19ClN2O3/c1-4-15(5-2,20-6-3)14-17-13(21-18-14)11-8-7-10(16)9-12(11)19/h7-9,19H,4-6H2,1-3H3. The van der Waals surface area contributed by atoms with E-state index in [1.807, 2.05) is 20.8 Å². The van der Waals surface area contributed by atoms with E-state index in [2.05, 4.69) is 10.1 Å². The van der Waals surface area contributed by atoms with Crippen molar-refractivity contribution in [1.29, 1.82) is 0 Å². The lowest BCUT2D eigenvalue weighted by Gasteiger charge is -2.27. The van der Waals surface area contributed by atoms with Gasteiger partial charge in [0.15, 0.2) is 0 Å². The fraction of sp³-hybridized carbons (Fsp3) is 0.467. The second-order valence-electron chi connectivity index (χ2n) is 4.72. The van der Waals surface area contributed by atoms with Crippen molar-refractivity contribution in [2.24, 2.45) is 0 Å². The van der Waals surface area contributed by atoms with Crippen molar-refractivity contribution >= 4 is 11.6 Å². The SMILES string of the molecule is CCOC(CC)(CC)c1noc(-c2ccc(Cl)cc2O)n1. The van der Waals surface area contributed by atoms with Crippen LogP contribution in [0.25, 0.3) is 11.5 Å². The largest absolute Gasteiger partial charge is 0.507 e. The summed E-state index contributed by atoms with van der Waals surface area (Å²) in [6.45, 7) is 6.55. The summed E-state index contributed by atoms with van der Waals surface area (Å²) >= 11 is 5.82. The minimum Gasteiger partial charge on any atom is -0.507 e. The molecule has 6 heteroatoms. The van der Waals surface area contributed by atoms with Crippen molar-refractivity contribution in [3.05, 3.63) is 29.0 Å². The highest BCUT2D eigenvalue weighted by atomic mass is 35.5. The van der Waals surface area contributed by atoms with Gasteiger partial charge in [0.05, 0.1) is 5.56 Å². The molecular formula is C15H19ClN2O3. The molecule has 0 spiro atoms. The highest BCUT2D eigenvalue weighted by Crippen LogP contribution is 2.35. The molecule has 5 nitrogen and oxygen atoms in total. The maximum atomic E-state index is 9.93. The van der Waals surface area contributed by atoms with E-state index < -0.39 is 5.60 Å². The van der Waals surface area contributed by atoms with Gasteiger partial charge in [0, 0.05) is 11.6 Å². The van der Waals surface area contributed by atoms with Crippen molar-refractivity contribution < 1.29 is 14.4 Å². The molecule has 1 N–H and O–H groups in total. The lowest BCUT2D eigenvalue weighted by atomic mass is 9.96. The summed E-state index contributed by atoms with van der Waals surface area (Å²) in [5, 5.41) is 14.4. The predicted octanol–water partition coefficient (Wildman–Crippen LogP) is 4.15. The zero-order valence-electron chi connectivity index (χ0n) is 12.4. The molecule has 0 aliphatic heterocycles. The van der Waals surface area contributed by atoms with Gasteiger partial charge in [-0.25, -0.2) is 0 Å². The van der Waals surface area contributed by atoms with Crippen LogP contribution in [0.2, 0.25) is 5.02 Å². The van der Waals surface area contributed by atoms with Crippen molar-refractivity contribution in [1.82, 2.24) is 10.1 Å². The van der Waals surface area contributed by atoms with Gasteiger partial charge in [0.25, 0.3) is 5.89 Å². The lowest BCUT2D eigenvalue weighted by Crippen LogP contribution is -2.29. The van der Waals surface area contributed by atoms with Gasteiger partial charge in [-0.05, 0) is 38.0 Å². The zero-order chi connectivity index (χ0) is 15.5. The number of aromatic hydroxyl groups is 1. The van der Waals surface area contributed by atoms with Crippen molar-refractivity contribution in [2.75, 3.05) is 6.61 Å². The molecule has 2 aromatic rings. The second kappa shape index (κ2) is 6.45. The smallest absolute Gasteiger partial charge is 0.261 e. The van der Waals surface area contributed by atoms with E-state index in [4.69, 9.17) is 20.9 Å². The van der Waals surface area contributed by atoms with Crippen LogP contribution in [0.3, 0.4) is 0 Å². The van der Waals surface area contributed by atoms with Crippen LogP contribution in [-0.4, -0.2) is 21.9 Å². The Labute approximate surface area is 128 Å². The van der Waals surface area contributed by atoms with E-state index in [0.717, 1.165) is 12.8 Å². The summed E-state index contributed by atoms with van der Waals surface area (Å²) in [7, 11) is 0. The summed E-state index contributed by atoms with van der Waals surface area (Å²) in [5.74, 6) is 0.761. The van der Waals surface area contributed by atoms with Crippen LogP contribution in [0.5, 0.6) is 5.75 Å². The third-order valence-electron chi connectivity index (χ3n) is 3.59. The molecule has 0 unspecified atom stereocenters. The number of nitrogens with zero attached hydrogens (tertiary/aromatic N) is 2. The molecule has 0 saturated carbocycles. The maximum Gasteiger partial charge on any atom is 0.261 e. The van der Waals surface area contributed by atoms with Gasteiger partial charge in [-0.2, -0.15) is 4.98 Å². The Morgan fingerprint density at radius 2 is 2.00 bits per heavy atom. The average molecular weight is 311 g/mol. The number of ether oxygens (including phenoxy) is 1. The normalized spacial score (nSPS) is 11.8. The molecule has 0 atom stereocenters. The zero-order valence-corrected chi connectivity index (χ0v) is 13.1. The van der Waals surface area contributed by atoms with Gasteiger partial charge in [-0.1, -0.05) is 30.6 Å². The first-order valence-corrected chi connectivity index (χ1v) is 7.41. The minimum absolute atomic E-state index is 0.00714. The number of phenols is 1. The summed E-state index contributed by atoms with van der Waals surface area (Å²) < 4.78 is 11.1. The summed E-state index contributed by atoms with van der Waals surface area (Å²) in [5.41, 5.74) is -0.103. The first-order valence-electron chi connectivity index (χ1n) is 7.03. The Morgan fingerprint density at radius 3 is 2.57 bits per heavy atom. The Balaban J connectivity index is 2.40. The van der Waals surface area contributed by atoms with E-state index in [-0.39, 0.29) is 11.6 Å². The summed E-state index contributed by atoms with van der Waals surface area (Å²) in [6.07, 6.45) is 1.48. The molecule has 0 saturated heterocycles. The predicted molar refractivity (Wildman–Crippen MR) is 80.3 cm³/mol. The van der Waals surface area contributed by atoms with Crippen LogP contribution in [-0.2, 0) is 10.3 Å². The number of rotatable bonds is 6. The van der Waals surface area contributed by atoms with E-state index in [0.29, 0.717) is 23.0 Å². The Morgan fingerprint density at radius 1 is 1.29 bits per heavy atom. The molecule has 1 aromatic heterocycles. The number of benzene rings is 1. The topological polar surface area (TPSA) is 68.4 Å². The van der Waals surface area contributed by atoms with Crippen LogP contribution in [0.4, 0.5) is 0 Å². The van der Waals surface area contributed by atoms with E-state index in [1.165, 1.54) is 6.07 Å². The van der Waals surface area contributed by atoms with Crippen LogP contribution in [0.1, 0.15) is 39.4 Å². The van der Waals surface area contributed by atoms with Gasteiger partial charge >= 0.3 is 0 Å². The molecule has 0 radical (unpaired) electrons. The van der Waals surface area contributed by atoms with Gasteiger partial charge in [-0.15, -0.1) is 0 Å². The highest BCUT2D eigenvalue weighted by molar-refractivity contribution is 6.30. The molecule has 21 heavy (non-hydrogen) atoms. The fourth-order valence-corrected chi connectivity index (χ4v) is 2.48. The van der Waals surface area contributed by atoms with E-state index in [1.54, 1.807) is 12.1 Å². The van der Waals surface area contributed by atoms with E-state index >= 15 is 0 Å². The van der Waals surface area contributed by atoms with Gasteiger partial charge in [0.1, 0.15) is 11.4 Å². The molecular weight excluding hydrogens is 292 g/mol. The van der Waals surface area contributed by atoms with Gasteiger partial charge in [0.2, 0.25) is 5.82 Å². The number of phenolic OH excluding ortho intramolecular Hbond substituents is 1. The molecule has 0 aliphatic carbocycles. The first-order chi connectivity index (χ1) is 10.1. The molecule has 0 fully saturated rings. The molecule has 1 heterocycles. The Hall–Kier alpha value is -1.59. The molecule has 2 rings (SSSR count). The molecule has 0 aliphatic rings. The third kappa shape index (κ3) is 3.04. The fourth-order valence-electron chi connectivity index (χ4n) is 2.31. The lowest BCUT2D eigenvalue weighted by molar-refractivity contribution is -0.0583. The number of halogens is 1. The van der Waals surface area contributed by atoms with Gasteiger partial charge < -0.3 is 14.4 Å². The Kier molecular flexibility index (Phi) is 4.85. The van der Waals surface area contributed by atoms with Crippen LogP contribution in [0, 0.1) is 0 Å². The molecule has 114 valence electrons. The average Bonchev–Trinajstić information content (AvgIpc) is 2.95. The van der Waals surface area contributed by atoms with Crippen LogP contribution < -0.4 is 0 Å². The number of hydrogen-bond donors (Lipinski definition) is 1. The van der Waals surface area contributed by atoms with Crippen LogP contribution >= 0.6 is 11.6 Å². The van der Waals surface area contributed by atoms with E-state index in [9.17, 15) is 5.11 Å². The minimum atomic E-state index is -0.557. The monoisotopic (exact) mass is 310 g/mol. The van der Waals surface area contributed by atoms with Crippen molar-refractivity contribution in [3.63, 3.8) is 0 Å². The number of hydrogen-bond acceptors (Lipinski definition) is 5. The summed E-state index contributed by atoms with van der Waals surface area (Å²) in [6, 6.07) is 4.75. The number of aromatic nitrogens is 2. The second-order valence-corrected chi connectivity index (χ2v) is 5.16. The third-order valence-corrected chi connectivity index (χ3v) is 3.82. The van der Waals surface area contributed by atoms with Crippen molar-refractivity contribution in [2.45, 2.75) is 39.2 Å². The maximum absolute atomic E-state index is 9.93. The molecule has 1 aromatic carbocycles. The van der Waals surface area contributed by atoms with Gasteiger partial charge in [-0.3, -0.25) is 0 Å². The Bertz CT molecular complexity index is 609.